The number of rotatable bonds is 7. The fourth-order valence-corrected chi connectivity index (χ4v) is 3.36. The molecule has 2 aromatic rings. The highest BCUT2D eigenvalue weighted by molar-refractivity contribution is 8.00. The first-order valence-corrected chi connectivity index (χ1v) is 9.34. The first-order valence-electron chi connectivity index (χ1n) is 8.09. The van der Waals surface area contributed by atoms with E-state index < -0.39 is 35.1 Å². The summed E-state index contributed by atoms with van der Waals surface area (Å²) in [6.45, 7) is 2.76. The Balaban J connectivity index is 1.95. The Kier molecular flexibility index (Phi) is 6.88. The first kappa shape index (κ1) is 21.7. The quantitative estimate of drug-likeness (QED) is 0.637. The van der Waals surface area contributed by atoms with Crippen LogP contribution in [0.4, 0.5) is 13.2 Å². The van der Waals surface area contributed by atoms with Gasteiger partial charge in [0.1, 0.15) is 11.5 Å². The summed E-state index contributed by atoms with van der Waals surface area (Å²) in [7, 11) is 0. The van der Waals surface area contributed by atoms with Gasteiger partial charge in [-0.15, -0.1) is 11.8 Å². The van der Waals surface area contributed by atoms with Crippen molar-refractivity contribution in [1.29, 1.82) is 0 Å². The molecular weight excluding hydrogens is 403 g/mol. The van der Waals surface area contributed by atoms with Crippen LogP contribution in [0.25, 0.3) is 0 Å². The predicted octanol–water partition coefficient (Wildman–Crippen LogP) is 4.68. The van der Waals surface area contributed by atoms with Crippen LogP contribution < -0.4 is 5.32 Å². The number of carbonyl (C=O) groups excluding carboxylic acids is 1. The van der Waals surface area contributed by atoms with E-state index in [9.17, 15) is 23.1 Å². The number of hydrogen-bond donors (Lipinski definition) is 2. The van der Waals surface area contributed by atoms with E-state index in [2.05, 4.69) is 5.32 Å². The van der Waals surface area contributed by atoms with Gasteiger partial charge in [-0.2, -0.15) is 13.2 Å². The third kappa shape index (κ3) is 5.43. The normalized spacial score (nSPS) is 15.2. The lowest BCUT2D eigenvalue weighted by molar-refractivity contribution is -0.274. The van der Waals surface area contributed by atoms with Gasteiger partial charge in [0.2, 0.25) is 11.5 Å². The highest BCUT2D eigenvalue weighted by Gasteiger charge is 2.56. The smallest absolute Gasteiger partial charge is 0.424 e. The number of benzene rings is 1. The first-order chi connectivity index (χ1) is 12.5. The summed E-state index contributed by atoms with van der Waals surface area (Å²) < 4.78 is 45.1. The molecule has 1 amide bonds. The zero-order chi connectivity index (χ0) is 20.2. The standard InChI is InChI=1S/C18H19ClF3NO3S/c1-11-3-8-15(26-11)17(25,18(20,21)22)9-10-23-16(24)12(2)27-14-6-4-13(19)5-7-14/h3-8,12,25H,9-10H2,1-2H3,(H,23,24)/t12-,17+/m1/s1. The molecule has 1 aromatic heterocycles. The number of amides is 1. The van der Waals surface area contributed by atoms with Gasteiger partial charge in [0.15, 0.2) is 0 Å². The molecule has 0 aliphatic rings. The largest absolute Gasteiger partial charge is 0.463 e. The summed E-state index contributed by atoms with van der Waals surface area (Å²) in [5.41, 5.74) is -3.17. The number of alkyl halides is 3. The monoisotopic (exact) mass is 421 g/mol. The molecule has 0 fully saturated rings. The molecule has 0 aliphatic carbocycles. The number of aliphatic hydroxyl groups is 1. The van der Waals surface area contributed by atoms with Gasteiger partial charge in [-0.3, -0.25) is 4.79 Å². The number of halogens is 4. The van der Waals surface area contributed by atoms with Crippen molar-refractivity contribution >= 4 is 29.3 Å². The van der Waals surface area contributed by atoms with Crippen LogP contribution in [-0.2, 0) is 10.4 Å². The number of carbonyl (C=O) groups is 1. The maximum atomic E-state index is 13.4. The fourth-order valence-electron chi connectivity index (χ4n) is 2.34. The van der Waals surface area contributed by atoms with Crippen LogP contribution in [0.1, 0.15) is 24.9 Å². The van der Waals surface area contributed by atoms with Crippen LogP contribution in [0.2, 0.25) is 5.02 Å². The van der Waals surface area contributed by atoms with E-state index >= 15 is 0 Å². The molecule has 0 saturated carbocycles. The van der Waals surface area contributed by atoms with Crippen LogP contribution in [0.5, 0.6) is 0 Å². The maximum Gasteiger partial charge on any atom is 0.424 e. The minimum Gasteiger partial charge on any atom is -0.463 e. The van der Waals surface area contributed by atoms with Gasteiger partial charge in [-0.25, -0.2) is 0 Å². The molecule has 1 heterocycles. The average molecular weight is 422 g/mol. The molecule has 0 unspecified atom stereocenters. The van der Waals surface area contributed by atoms with E-state index in [1.807, 2.05) is 0 Å². The summed E-state index contributed by atoms with van der Waals surface area (Å²) in [4.78, 5) is 13.0. The Morgan fingerprint density at radius 3 is 2.41 bits per heavy atom. The van der Waals surface area contributed by atoms with Crippen LogP contribution in [0.15, 0.2) is 45.7 Å². The molecule has 0 saturated heterocycles. The molecule has 9 heteroatoms. The average Bonchev–Trinajstić information content (AvgIpc) is 3.02. The summed E-state index contributed by atoms with van der Waals surface area (Å²) in [5.74, 6) is -0.773. The molecule has 2 atom stereocenters. The van der Waals surface area contributed by atoms with Crippen molar-refractivity contribution in [2.75, 3.05) is 6.54 Å². The molecule has 4 nitrogen and oxygen atoms in total. The van der Waals surface area contributed by atoms with Crippen molar-refractivity contribution in [3.8, 4) is 0 Å². The minimum atomic E-state index is -4.94. The molecule has 0 spiro atoms. The highest BCUT2D eigenvalue weighted by Crippen LogP contribution is 2.42. The number of thioether (sulfide) groups is 1. The molecule has 0 radical (unpaired) electrons. The Labute approximate surface area is 164 Å². The van der Waals surface area contributed by atoms with E-state index in [0.29, 0.717) is 5.02 Å². The Morgan fingerprint density at radius 1 is 1.26 bits per heavy atom. The summed E-state index contributed by atoms with van der Waals surface area (Å²) >= 11 is 7.05. The number of hydrogen-bond acceptors (Lipinski definition) is 4. The maximum absolute atomic E-state index is 13.4. The van der Waals surface area contributed by atoms with Crippen LogP contribution >= 0.6 is 23.4 Å². The number of aryl methyl sites for hydroxylation is 1. The molecule has 0 aliphatic heterocycles. The van der Waals surface area contributed by atoms with E-state index in [4.69, 9.17) is 16.0 Å². The van der Waals surface area contributed by atoms with Gasteiger partial charge in [0, 0.05) is 22.9 Å². The molecular formula is C18H19ClF3NO3S. The van der Waals surface area contributed by atoms with Crippen molar-refractivity contribution in [2.45, 2.75) is 42.2 Å². The van der Waals surface area contributed by atoms with E-state index in [-0.39, 0.29) is 12.3 Å². The van der Waals surface area contributed by atoms with Gasteiger partial charge in [-0.05, 0) is 50.2 Å². The lowest BCUT2D eigenvalue weighted by Gasteiger charge is -2.28. The molecule has 148 valence electrons. The van der Waals surface area contributed by atoms with Crippen molar-refractivity contribution in [3.63, 3.8) is 0 Å². The fraction of sp³-hybridized carbons (Fsp3) is 0.389. The molecule has 27 heavy (non-hydrogen) atoms. The highest BCUT2D eigenvalue weighted by atomic mass is 35.5. The van der Waals surface area contributed by atoms with E-state index in [0.717, 1.165) is 11.0 Å². The summed E-state index contributed by atoms with van der Waals surface area (Å²) in [5, 5.41) is 12.6. The molecule has 2 N–H and O–H groups in total. The van der Waals surface area contributed by atoms with Gasteiger partial charge in [0.05, 0.1) is 5.25 Å². The molecule has 2 rings (SSSR count). The second kappa shape index (κ2) is 8.58. The van der Waals surface area contributed by atoms with Gasteiger partial charge < -0.3 is 14.8 Å². The van der Waals surface area contributed by atoms with Crippen molar-refractivity contribution in [2.24, 2.45) is 0 Å². The van der Waals surface area contributed by atoms with Crippen molar-refractivity contribution in [3.05, 3.63) is 52.9 Å². The summed E-state index contributed by atoms with van der Waals surface area (Å²) in [6, 6.07) is 9.29. The van der Waals surface area contributed by atoms with E-state index in [1.165, 1.54) is 24.8 Å². The number of furan rings is 1. The zero-order valence-electron chi connectivity index (χ0n) is 14.6. The predicted molar refractivity (Wildman–Crippen MR) is 97.8 cm³/mol. The lowest BCUT2D eigenvalue weighted by Crippen LogP contribution is -2.45. The van der Waals surface area contributed by atoms with E-state index in [1.54, 1.807) is 31.2 Å². The van der Waals surface area contributed by atoms with Gasteiger partial charge >= 0.3 is 6.18 Å². The molecule has 1 aromatic carbocycles. The second-order valence-electron chi connectivity index (χ2n) is 6.02. The number of nitrogens with one attached hydrogen (secondary N) is 1. The third-order valence-electron chi connectivity index (χ3n) is 3.90. The van der Waals surface area contributed by atoms with Crippen LogP contribution in [0.3, 0.4) is 0 Å². The lowest BCUT2D eigenvalue weighted by atomic mass is 9.95. The summed E-state index contributed by atoms with van der Waals surface area (Å²) in [6.07, 6.45) is -5.70. The van der Waals surface area contributed by atoms with Crippen LogP contribution in [0, 0.1) is 6.92 Å². The van der Waals surface area contributed by atoms with Crippen molar-refractivity contribution < 1.29 is 27.5 Å². The van der Waals surface area contributed by atoms with Crippen molar-refractivity contribution in [1.82, 2.24) is 5.32 Å². The van der Waals surface area contributed by atoms with Crippen LogP contribution in [-0.4, -0.2) is 29.0 Å². The van der Waals surface area contributed by atoms with Gasteiger partial charge in [-0.1, -0.05) is 11.6 Å². The van der Waals surface area contributed by atoms with Gasteiger partial charge in [0.25, 0.3) is 0 Å². The molecule has 0 bridgehead atoms. The zero-order valence-corrected chi connectivity index (χ0v) is 16.2. The minimum absolute atomic E-state index is 0.254. The SMILES string of the molecule is Cc1ccc([C@@](O)(CCNC(=O)[C@@H](C)Sc2ccc(Cl)cc2)C(F)(F)F)o1. The Bertz CT molecular complexity index is 779. The Hall–Kier alpha value is -1.64. The second-order valence-corrected chi connectivity index (χ2v) is 7.87. The topological polar surface area (TPSA) is 62.5 Å². The Morgan fingerprint density at radius 2 is 1.89 bits per heavy atom. The third-order valence-corrected chi connectivity index (χ3v) is 5.26.